The molecule has 30 heavy (non-hydrogen) atoms. The second-order valence-corrected chi connectivity index (χ2v) is 10.4. The predicted molar refractivity (Wildman–Crippen MR) is 128 cm³/mol. The van der Waals surface area contributed by atoms with Gasteiger partial charge in [-0.2, -0.15) is 0 Å². The maximum atomic E-state index is 12.0. The lowest BCUT2D eigenvalue weighted by Gasteiger charge is -2.19. The van der Waals surface area contributed by atoms with Gasteiger partial charge in [0.05, 0.1) is 6.67 Å². The van der Waals surface area contributed by atoms with Gasteiger partial charge in [-0.1, -0.05) is 83.5 Å². The van der Waals surface area contributed by atoms with Crippen molar-refractivity contribution in [2.24, 2.45) is 0 Å². The number of carbonyl (C=O) groups is 1. The first-order valence-corrected chi connectivity index (χ1v) is 11.1. The number of nitrogens with one attached hydrogen (secondary N) is 1. The second-order valence-electron chi connectivity index (χ2n) is 10.4. The second kappa shape index (κ2) is 10.3. The minimum atomic E-state index is 0.0207. The summed E-state index contributed by atoms with van der Waals surface area (Å²) in [5.74, 6) is 0.0207. The van der Waals surface area contributed by atoms with E-state index in [0.29, 0.717) is 6.67 Å². The van der Waals surface area contributed by atoms with E-state index < -0.39 is 0 Å². The molecule has 3 nitrogen and oxygen atoms in total. The summed E-state index contributed by atoms with van der Waals surface area (Å²) in [6, 6.07) is 16.7. The van der Waals surface area contributed by atoms with Gasteiger partial charge in [0.15, 0.2) is 0 Å². The molecule has 0 bridgehead atoms. The molecular weight excluding hydrogens is 368 g/mol. The molecule has 1 N–H and O–H groups in total. The summed E-state index contributed by atoms with van der Waals surface area (Å²) in [6.07, 6.45) is 2.49. The van der Waals surface area contributed by atoms with Gasteiger partial charge in [-0.3, -0.25) is 9.69 Å². The maximum absolute atomic E-state index is 12.0. The molecule has 2 aromatic carbocycles. The number of hydrogen-bond acceptors (Lipinski definition) is 2. The van der Waals surface area contributed by atoms with E-state index in [1.54, 1.807) is 0 Å². The molecule has 1 saturated heterocycles. The van der Waals surface area contributed by atoms with Crippen LogP contribution in [0.5, 0.6) is 0 Å². The zero-order chi connectivity index (χ0) is 22.4. The van der Waals surface area contributed by atoms with Crippen molar-refractivity contribution in [3.63, 3.8) is 0 Å². The van der Waals surface area contributed by atoms with Crippen LogP contribution in [0.25, 0.3) is 0 Å². The average Bonchev–Trinajstić information content (AvgIpc) is 3.19. The fourth-order valence-electron chi connectivity index (χ4n) is 3.40. The lowest BCUT2D eigenvalue weighted by molar-refractivity contribution is 0.0929. The van der Waals surface area contributed by atoms with E-state index in [9.17, 15) is 4.79 Å². The SMILES string of the molecule is CC(C)(C)c1ccc(C(=O)NCN2CCCC2)cc1.Cc1ccc(C(C)(C)C)cc1. The van der Waals surface area contributed by atoms with E-state index in [2.05, 4.69) is 82.9 Å². The Morgan fingerprint density at radius 2 is 1.23 bits per heavy atom. The van der Waals surface area contributed by atoms with E-state index in [4.69, 9.17) is 0 Å². The topological polar surface area (TPSA) is 32.3 Å². The van der Waals surface area contributed by atoms with Crippen molar-refractivity contribution in [3.8, 4) is 0 Å². The zero-order valence-corrected chi connectivity index (χ0v) is 20.0. The van der Waals surface area contributed by atoms with Gasteiger partial charge in [0, 0.05) is 5.56 Å². The summed E-state index contributed by atoms with van der Waals surface area (Å²) in [7, 11) is 0. The van der Waals surface area contributed by atoms with E-state index >= 15 is 0 Å². The van der Waals surface area contributed by atoms with E-state index in [-0.39, 0.29) is 16.7 Å². The van der Waals surface area contributed by atoms with E-state index in [1.807, 2.05) is 24.3 Å². The lowest BCUT2D eigenvalue weighted by atomic mass is 9.87. The van der Waals surface area contributed by atoms with Crippen molar-refractivity contribution in [3.05, 3.63) is 70.8 Å². The third-order valence-corrected chi connectivity index (χ3v) is 5.59. The van der Waals surface area contributed by atoms with Gasteiger partial charge >= 0.3 is 0 Å². The number of likely N-dealkylation sites (tertiary alicyclic amines) is 1. The molecule has 0 atom stereocenters. The Morgan fingerprint density at radius 3 is 1.67 bits per heavy atom. The monoisotopic (exact) mass is 408 g/mol. The minimum Gasteiger partial charge on any atom is -0.339 e. The van der Waals surface area contributed by atoms with Crippen molar-refractivity contribution >= 4 is 5.91 Å². The number of hydrogen-bond donors (Lipinski definition) is 1. The summed E-state index contributed by atoms with van der Waals surface area (Å²) >= 11 is 0. The van der Waals surface area contributed by atoms with Crippen molar-refractivity contribution in [1.82, 2.24) is 10.2 Å². The molecule has 1 aliphatic heterocycles. The van der Waals surface area contributed by atoms with Crippen LogP contribution in [-0.4, -0.2) is 30.6 Å². The summed E-state index contributed by atoms with van der Waals surface area (Å²) < 4.78 is 0. The Morgan fingerprint density at radius 1 is 0.800 bits per heavy atom. The zero-order valence-electron chi connectivity index (χ0n) is 20.0. The van der Waals surface area contributed by atoms with Crippen LogP contribution in [0.15, 0.2) is 48.5 Å². The van der Waals surface area contributed by atoms with Crippen LogP contribution in [0.2, 0.25) is 0 Å². The number of aryl methyl sites for hydroxylation is 1. The van der Waals surface area contributed by atoms with Crippen LogP contribution in [0, 0.1) is 6.92 Å². The normalized spacial score (nSPS) is 14.8. The first-order chi connectivity index (χ1) is 14.0. The van der Waals surface area contributed by atoms with Gasteiger partial charge in [-0.15, -0.1) is 0 Å². The molecule has 1 fully saturated rings. The maximum Gasteiger partial charge on any atom is 0.252 e. The van der Waals surface area contributed by atoms with Crippen LogP contribution in [-0.2, 0) is 10.8 Å². The van der Waals surface area contributed by atoms with Crippen molar-refractivity contribution in [1.29, 1.82) is 0 Å². The fraction of sp³-hybridized carbons (Fsp3) is 0.519. The standard InChI is InChI=1S/C16H24N2O.C11H16/c1-16(2,3)14-8-6-13(7-9-14)15(19)17-12-18-10-4-5-11-18;1-9-5-7-10(8-6-9)11(2,3)4/h6-9H,4-5,10-12H2,1-3H3,(H,17,19);5-8H,1-4H3. The Hall–Kier alpha value is -2.13. The molecule has 0 unspecified atom stereocenters. The molecule has 164 valence electrons. The van der Waals surface area contributed by atoms with E-state index in [1.165, 1.54) is 29.5 Å². The highest BCUT2D eigenvalue weighted by molar-refractivity contribution is 5.94. The molecule has 0 radical (unpaired) electrons. The molecular formula is C27H40N2O. The van der Waals surface area contributed by atoms with Gasteiger partial charge in [-0.25, -0.2) is 0 Å². The Kier molecular flexibility index (Phi) is 8.25. The number of nitrogens with zero attached hydrogens (tertiary/aromatic N) is 1. The Bertz CT molecular complexity index is 787. The molecule has 3 heteroatoms. The molecule has 0 aromatic heterocycles. The highest BCUT2D eigenvalue weighted by Gasteiger charge is 2.16. The number of amides is 1. The molecule has 1 amide bonds. The predicted octanol–water partition coefficient (Wildman–Crippen LogP) is 6.06. The molecule has 0 spiro atoms. The number of rotatable bonds is 3. The molecule has 2 aromatic rings. The third kappa shape index (κ3) is 7.60. The van der Waals surface area contributed by atoms with Crippen LogP contribution >= 0.6 is 0 Å². The summed E-state index contributed by atoms with van der Waals surface area (Å²) in [6.45, 7) is 18.2. The van der Waals surface area contributed by atoms with Crippen LogP contribution < -0.4 is 5.32 Å². The highest BCUT2D eigenvalue weighted by Crippen LogP contribution is 2.22. The Labute approximate surface area is 183 Å². The van der Waals surface area contributed by atoms with Gasteiger partial charge < -0.3 is 5.32 Å². The van der Waals surface area contributed by atoms with Gasteiger partial charge in [0.2, 0.25) is 0 Å². The summed E-state index contributed by atoms with van der Waals surface area (Å²) in [5, 5.41) is 2.99. The van der Waals surface area contributed by atoms with Gasteiger partial charge in [-0.05, 0) is 66.9 Å². The molecule has 0 aliphatic carbocycles. The van der Waals surface area contributed by atoms with Gasteiger partial charge in [0.1, 0.15) is 0 Å². The number of benzene rings is 2. The van der Waals surface area contributed by atoms with Crippen molar-refractivity contribution in [2.45, 2.75) is 72.1 Å². The quantitative estimate of drug-likeness (QED) is 0.669. The number of carbonyl (C=O) groups excluding carboxylic acids is 1. The molecule has 1 heterocycles. The lowest BCUT2D eigenvalue weighted by Crippen LogP contribution is -2.35. The summed E-state index contributed by atoms with van der Waals surface area (Å²) in [4.78, 5) is 14.3. The van der Waals surface area contributed by atoms with Crippen LogP contribution in [0.3, 0.4) is 0 Å². The molecule has 1 aliphatic rings. The minimum absolute atomic E-state index is 0.0207. The van der Waals surface area contributed by atoms with E-state index in [0.717, 1.165) is 18.7 Å². The Balaban J connectivity index is 0.000000248. The van der Waals surface area contributed by atoms with Gasteiger partial charge in [0.25, 0.3) is 5.91 Å². The fourth-order valence-corrected chi connectivity index (χ4v) is 3.40. The molecule has 3 rings (SSSR count). The first kappa shape index (κ1) is 24.1. The van der Waals surface area contributed by atoms with Crippen molar-refractivity contribution in [2.75, 3.05) is 19.8 Å². The largest absolute Gasteiger partial charge is 0.339 e. The first-order valence-electron chi connectivity index (χ1n) is 11.1. The highest BCUT2D eigenvalue weighted by atomic mass is 16.1. The van der Waals surface area contributed by atoms with Crippen molar-refractivity contribution < 1.29 is 4.79 Å². The van der Waals surface area contributed by atoms with Crippen LogP contribution in [0.4, 0.5) is 0 Å². The average molecular weight is 409 g/mol. The molecule has 0 saturated carbocycles. The van der Waals surface area contributed by atoms with Crippen LogP contribution in [0.1, 0.15) is 81.4 Å². The third-order valence-electron chi connectivity index (χ3n) is 5.59. The summed E-state index contributed by atoms with van der Waals surface area (Å²) in [5.41, 5.74) is 5.15. The smallest absolute Gasteiger partial charge is 0.252 e.